The first-order valence-electron chi connectivity index (χ1n) is 3.94. The largest absolute Gasteiger partial charge is 0.177 e. The number of aromatic nitrogens is 2. The fraction of sp³-hybridized carbons (Fsp3) is 0.250. The van der Waals surface area contributed by atoms with Crippen LogP contribution in [0.25, 0.3) is 0 Å². The van der Waals surface area contributed by atoms with Crippen molar-refractivity contribution in [3.05, 3.63) is 32.0 Å². The molecule has 0 spiro atoms. The monoisotopic (exact) mass is 226 g/mol. The van der Waals surface area contributed by atoms with Crippen molar-refractivity contribution in [1.82, 2.24) is 8.75 Å². The molecule has 1 aliphatic heterocycles. The van der Waals surface area contributed by atoms with Crippen LogP contribution in [0.2, 0.25) is 0 Å². The third kappa shape index (κ3) is 1.35. The van der Waals surface area contributed by atoms with E-state index in [4.69, 9.17) is 0 Å². The van der Waals surface area contributed by atoms with Crippen LogP contribution in [0.1, 0.15) is 11.4 Å². The van der Waals surface area contributed by atoms with E-state index in [0.29, 0.717) is 0 Å². The van der Waals surface area contributed by atoms with Gasteiger partial charge in [-0.15, -0.1) is 0 Å². The van der Waals surface area contributed by atoms with E-state index in [1.54, 1.807) is 0 Å². The predicted molar refractivity (Wildman–Crippen MR) is 58.7 cm³/mol. The Morgan fingerprint density at radius 1 is 1.00 bits per heavy atom. The summed E-state index contributed by atoms with van der Waals surface area (Å²) in [4.78, 5) is 0. The van der Waals surface area contributed by atoms with Gasteiger partial charge >= 0.3 is 0 Å². The quantitative estimate of drug-likeness (QED) is 0.679. The van der Waals surface area contributed by atoms with Crippen LogP contribution in [0.15, 0.2) is 20.6 Å². The fourth-order valence-electron chi connectivity index (χ4n) is 1.48. The lowest BCUT2D eigenvalue weighted by atomic mass is 10.2. The number of hydrogen-bond acceptors (Lipinski definition) is 5. The van der Waals surface area contributed by atoms with Gasteiger partial charge in [0.2, 0.25) is 0 Å². The maximum Gasteiger partial charge on any atom is 0.0819 e. The Labute approximate surface area is 88.8 Å². The predicted octanol–water partition coefficient (Wildman–Crippen LogP) is 2.80. The number of fused-ring (bicyclic) bond motifs is 1. The Morgan fingerprint density at radius 3 is 2.23 bits per heavy atom. The molecule has 0 bridgehead atoms. The number of thioether (sulfide) groups is 2. The maximum absolute atomic E-state index is 4.28. The van der Waals surface area contributed by atoms with Gasteiger partial charge in [-0.1, -0.05) is 23.5 Å². The molecule has 1 aromatic heterocycles. The molecule has 3 rings (SSSR count). The van der Waals surface area contributed by atoms with Crippen molar-refractivity contribution in [2.75, 3.05) is 0 Å². The van der Waals surface area contributed by atoms with Crippen LogP contribution in [0, 0.1) is 0 Å². The summed E-state index contributed by atoms with van der Waals surface area (Å²) in [6.45, 7) is 0. The molecule has 0 aromatic carbocycles. The topological polar surface area (TPSA) is 25.8 Å². The minimum atomic E-state index is 1.02. The molecule has 0 radical (unpaired) electrons. The Bertz CT molecular complexity index is 373. The first-order chi connectivity index (χ1) is 6.43. The number of nitrogens with zero attached hydrogens (tertiary/aromatic N) is 2. The standard InChI is InChI=1S/C8H6N2S3/c1-2-12-8(11-1)5-3-6-7(4-5)10-13-9-6/h1-2H,3-4H2. The SMILES string of the molecule is C1=CSC(=C2Cc3nsnc3C2)S1. The van der Waals surface area contributed by atoms with E-state index in [0.717, 1.165) is 12.8 Å². The van der Waals surface area contributed by atoms with Gasteiger partial charge in [-0.2, -0.15) is 8.75 Å². The summed E-state index contributed by atoms with van der Waals surface area (Å²) in [5.41, 5.74) is 3.89. The first kappa shape index (κ1) is 8.08. The summed E-state index contributed by atoms with van der Waals surface area (Å²) in [5.74, 6) is 0. The summed E-state index contributed by atoms with van der Waals surface area (Å²) in [6.07, 6.45) is 2.03. The summed E-state index contributed by atoms with van der Waals surface area (Å²) in [6, 6.07) is 0. The van der Waals surface area contributed by atoms with Gasteiger partial charge in [0.15, 0.2) is 0 Å². The van der Waals surface area contributed by atoms with Gasteiger partial charge in [0, 0.05) is 17.1 Å². The van der Waals surface area contributed by atoms with Gasteiger partial charge < -0.3 is 0 Å². The van der Waals surface area contributed by atoms with E-state index in [2.05, 4.69) is 19.6 Å². The molecule has 0 amide bonds. The highest BCUT2D eigenvalue weighted by Gasteiger charge is 2.23. The lowest BCUT2D eigenvalue weighted by Gasteiger charge is -1.99. The van der Waals surface area contributed by atoms with Gasteiger partial charge in [-0.05, 0) is 16.4 Å². The Hall–Kier alpha value is -0.260. The molecule has 2 heterocycles. The van der Waals surface area contributed by atoms with Gasteiger partial charge in [0.1, 0.15) is 0 Å². The lowest BCUT2D eigenvalue weighted by Crippen LogP contribution is -1.84. The van der Waals surface area contributed by atoms with Crippen LogP contribution in [-0.4, -0.2) is 8.75 Å². The highest BCUT2D eigenvalue weighted by molar-refractivity contribution is 8.27. The van der Waals surface area contributed by atoms with E-state index < -0.39 is 0 Å². The maximum atomic E-state index is 4.28. The van der Waals surface area contributed by atoms with Crippen LogP contribution in [-0.2, 0) is 12.8 Å². The van der Waals surface area contributed by atoms with E-state index in [1.807, 2.05) is 23.5 Å². The van der Waals surface area contributed by atoms with Crippen LogP contribution in [0.4, 0.5) is 0 Å². The second-order valence-electron chi connectivity index (χ2n) is 2.91. The zero-order chi connectivity index (χ0) is 8.67. The zero-order valence-electron chi connectivity index (χ0n) is 6.69. The second-order valence-corrected chi connectivity index (χ2v) is 5.53. The Kier molecular flexibility index (Phi) is 1.96. The highest BCUT2D eigenvalue weighted by atomic mass is 32.2. The lowest BCUT2D eigenvalue weighted by molar-refractivity contribution is 1.13. The highest BCUT2D eigenvalue weighted by Crippen LogP contribution is 2.43. The third-order valence-corrected chi connectivity index (χ3v) is 4.99. The summed E-state index contributed by atoms with van der Waals surface area (Å²) in [5, 5.41) is 4.28. The van der Waals surface area contributed by atoms with Crippen LogP contribution < -0.4 is 0 Å². The van der Waals surface area contributed by atoms with Crippen molar-refractivity contribution < 1.29 is 0 Å². The van der Waals surface area contributed by atoms with Crippen LogP contribution >= 0.6 is 35.3 Å². The molecule has 0 saturated carbocycles. The van der Waals surface area contributed by atoms with Crippen LogP contribution in [0.3, 0.4) is 0 Å². The summed E-state index contributed by atoms with van der Waals surface area (Å²) >= 11 is 4.98. The van der Waals surface area contributed by atoms with Crippen molar-refractivity contribution >= 4 is 35.3 Å². The summed E-state index contributed by atoms with van der Waals surface area (Å²) < 4.78 is 9.99. The van der Waals surface area contributed by atoms with Gasteiger partial charge in [-0.25, -0.2) is 0 Å². The normalized spacial score (nSPS) is 20.0. The van der Waals surface area contributed by atoms with E-state index in [9.17, 15) is 0 Å². The minimum Gasteiger partial charge on any atom is -0.177 e. The van der Waals surface area contributed by atoms with E-state index in [-0.39, 0.29) is 0 Å². The molecule has 0 N–H and O–H groups in total. The molecular formula is C8H6N2S3. The number of hydrogen-bond donors (Lipinski definition) is 0. The number of allylic oxidation sites excluding steroid dienone is 1. The fourth-order valence-corrected chi connectivity index (χ4v) is 3.92. The van der Waals surface area contributed by atoms with Gasteiger partial charge in [0.25, 0.3) is 0 Å². The molecule has 2 aliphatic rings. The second kappa shape index (κ2) is 3.15. The molecule has 66 valence electrons. The molecule has 13 heavy (non-hydrogen) atoms. The van der Waals surface area contributed by atoms with Gasteiger partial charge in [0.05, 0.1) is 23.1 Å². The molecule has 0 unspecified atom stereocenters. The summed E-state index contributed by atoms with van der Waals surface area (Å²) in [7, 11) is 0. The third-order valence-electron chi connectivity index (χ3n) is 2.09. The smallest absolute Gasteiger partial charge is 0.0819 e. The molecule has 0 saturated heterocycles. The van der Waals surface area contributed by atoms with Crippen LogP contribution in [0.5, 0.6) is 0 Å². The van der Waals surface area contributed by atoms with Crippen molar-refractivity contribution in [2.24, 2.45) is 0 Å². The first-order valence-corrected chi connectivity index (χ1v) is 6.43. The van der Waals surface area contributed by atoms with Crippen molar-refractivity contribution in [2.45, 2.75) is 12.8 Å². The molecule has 1 aromatic rings. The molecule has 0 fully saturated rings. The molecular weight excluding hydrogens is 220 g/mol. The van der Waals surface area contributed by atoms with E-state index in [1.165, 1.54) is 32.9 Å². The molecule has 2 nitrogen and oxygen atoms in total. The minimum absolute atomic E-state index is 1.02. The van der Waals surface area contributed by atoms with Crippen molar-refractivity contribution in [3.8, 4) is 0 Å². The average Bonchev–Trinajstić information content (AvgIpc) is 2.78. The number of rotatable bonds is 0. The van der Waals surface area contributed by atoms with Crippen molar-refractivity contribution in [1.29, 1.82) is 0 Å². The van der Waals surface area contributed by atoms with Crippen molar-refractivity contribution in [3.63, 3.8) is 0 Å². The Balaban J connectivity index is 1.93. The molecule has 1 aliphatic carbocycles. The van der Waals surface area contributed by atoms with E-state index >= 15 is 0 Å². The molecule has 5 heteroatoms. The Morgan fingerprint density at radius 2 is 1.62 bits per heavy atom. The molecule has 0 atom stereocenters. The average molecular weight is 226 g/mol. The zero-order valence-corrected chi connectivity index (χ0v) is 9.14. The van der Waals surface area contributed by atoms with Gasteiger partial charge in [-0.3, -0.25) is 0 Å².